The summed E-state index contributed by atoms with van der Waals surface area (Å²) in [6.45, 7) is 5.33. The lowest BCUT2D eigenvalue weighted by atomic mass is 9.91. The van der Waals surface area contributed by atoms with E-state index in [0.29, 0.717) is 5.92 Å². The van der Waals surface area contributed by atoms with Crippen molar-refractivity contribution in [1.29, 1.82) is 0 Å². The Bertz CT molecular complexity index is 709. The zero-order valence-electron chi connectivity index (χ0n) is 12.2. The molecular weight excluding hydrogens is 284 g/mol. The Morgan fingerprint density at radius 1 is 1.19 bits per heavy atom. The molecule has 4 rings (SSSR count). The van der Waals surface area contributed by atoms with E-state index in [0.717, 1.165) is 18.1 Å². The molecule has 2 aliphatic rings. The summed E-state index contributed by atoms with van der Waals surface area (Å²) in [7, 11) is 0. The summed E-state index contributed by atoms with van der Waals surface area (Å²) in [5.74, 6) is 1.51. The molecule has 0 saturated heterocycles. The lowest BCUT2D eigenvalue weighted by molar-refractivity contribution is 0.550. The molecule has 21 heavy (non-hydrogen) atoms. The molecule has 0 amide bonds. The van der Waals surface area contributed by atoms with Crippen LogP contribution < -0.4 is 4.90 Å². The molecule has 2 aromatic rings. The van der Waals surface area contributed by atoms with Gasteiger partial charge in [0.1, 0.15) is 5.82 Å². The van der Waals surface area contributed by atoms with E-state index in [1.165, 1.54) is 24.2 Å². The second kappa shape index (κ2) is 4.41. The van der Waals surface area contributed by atoms with Crippen LogP contribution in [0.2, 0.25) is 5.28 Å². The van der Waals surface area contributed by atoms with E-state index in [-0.39, 0.29) is 10.7 Å². The average molecular weight is 301 g/mol. The van der Waals surface area contributed by atoms with Gasteiger partial charge >= 0.3 is 0 Å². The summed E-state index contributed by atoms with van der Waals surface area (Å²) in [5, 5.41) is 0.279. The number of halogens is 1. The predicted octanol–water partition coefficient (Wildman–Crippen LogP) is 3.83. The topological polar surface area (TPSA) is 41.9 Å². The van der Waals surface area contributed by atoms with Gasteiger partial charge in [0, 0.05) is 29.8 Å². The first-order valence-corrected chi connectivity index (χ1v) is 7.70. The maximum atomic E-state index is 5.93. The molecule has 1 fully saturated rings. The largest absolute Gasteiger partial charge is 0.324 e. The predicted molar refractivity (Wildman–Crippen MR) is 83.3 cm³/mol. The van der Waals surface area contributed by atoms with Crippen molar-refractivity contribution < 1.29 is 0 Å². The number of hydrogen-bond acceptors (Lipinski definition) is 4. The Morgan fingerprint density at radius 2 is 2.00 bits per heavy atom. The fourth-order valence-electron chi connectivity index (χ4n) is 3.03. The third kappa shape index (κ3) is 2.18. The highest BCUT2D eigenvalue weighted by molar-refractivity contribution is 6.28. The molecule has 0 radical (unpaired) electrons. The van der Waals surface area contributed by atoms with Crippen LogP contribution in [0.3, 0.4) is 0 Å². The van der Waals surface area contributed by atoms with Gasteiger partial charge in [0.2, 0.25) is 5.28 Å². The molecule has 1 aliphatic heterocycles. The van der Waals surface area contributed by atoms with Crippen molar-refractivity contribution in [3.63, 3.8) is 0 Å². The van der Waals surface area contributed by atoms with Gasteiger partial charge in [-0.1, -0.05) is 13.8 Å². The number of anilines is 2. The molecule has 1 saturated carbocycles. The maximum absolute atomic E-state index is 5.93. The molecule has 0 bridgehead atoms. The third-order valence-electron chi connectivity index (χ3n) is 4.26. The summed E-state index contributed by atoms with van der Waals surface area (Å²) in [5.41, 5.74) is 3.56. The first-order chi connectivity index (χ1) is 10.0. The second-order valence-corrected chi connectivity index (χ2v) is 6.87. The highest BCUT2D eigenvalue weighted by atomic mass is 35.5. The Kier molecular flexibility index (Phi) is 2.73. The van der Waals surface area contributed by atoms with E-state index in [1.54, 1.807) is 6.20 Å². The minimum absolute atomic E-state index is 0.0116. The molecule has 0 aromatic carbocycles. The Hall–Kier alpha value is -1.68. The van der Waals surface area contributed by atoms with Crippen LogP contribution in [0.5, 0.6) is 0 Å². The smallest absolute Gasteiger partial charge is 0.224 e. The minimum Gasteiger partial charge on any atom is -0.324 e. The highest BCUT2D eigenvalue weighted by Crippen LogP contribution is 2.46. The number of aromatic nitrogens is 3. The van der Waals surface area contributed by atoms with E-state index in [9.17, 15) is 0 Å². The van der Waals surface area contributed by atoms with Crippen LogP contribution >= 0.6 is 11.6 Å². The first kappa shape index (κ1) is 13.0. The van der Waals surface area contributed by atoms with Gasteiger partial charge in [-0.3, -0.25) is 4.98 Å². The number of hydrogen-bond donors (Lipinski definition) is 0. The van der Waals surface area contributed by atoms with Crippen LogP contribution in [0.25, 0.3) is 0 Å². The van der Waals surface area contributed by atoms with Gasteiger partial charge in [-0.15, -0.1) is 0 Å². The standard InChI is InChI=1S/C16H17ClN4/c1-16(2)9-21(13-7-8-18-15(17)20-13)12-6-5-11(10-3-4-10)19-14(12)16/h5-8,10H,3-4,9H2,1-2H3. The van der Waals surface area contributed by atoms with Crippen molar-refractivity contribution in [3.05, 3.63) is 41.1 Å². The third-order valence-corrected chi connectivity index (χ3v) is 4.45. The Balaban J connectivity index is 1.80. The van der Waals surface area contributed by atoms with Crippen LogP contribution in [-0.4, -0.2) is 21.5 Å². The van der Waals surface area contributed by atoms with E-state index >= 15 is 0 Å². The monoisotopic (exact) mass is 300 g/mol. The van der Waals surface area contributed by atoms with Crippen LogP contribution in [0, 0.1) is 0 Å². The molecule has 5 heteroatoms. The highest BCUT2D eigenvalue weighted by Gasteiger charge is 2.39. The van der Waals surface area contributed by atoms with Crippen molar-refractivity contribution in [1.82, 2.24) is 15.0 Å². The molecule has 1 aliphatic carbocycles. The van der Waals surface area contributed by atoms with Gasteiger partial charge in [0.25, 0.3) is 0 Å². The molecule has 3 heterocycles. The summed E-state index contributed by atoms with van der Waals surface area (Å²) in [6, 6.07) is 6.24. The van der Waals surface area contributed by atoms with Crippen LogP contribution in [-0.2, 0) is 5.41 Å². The van der Waals surface area contributed by atoms with Gasteiger partial charge in [0.15, 0.2) is 0 Å². The van der Waals surface area contributed by atoms with Crippen LogP contribution in [0.1, 0.15) is 44.0 Å². The van der Waals surface area contributed by atoms with Crippen molar-refractivity contribution in [2.45, 2.75) is 38.0 Å². The van der Waals surface area contributed by atoms with Gasteiger partial charge < -0.3 is 4.90 Å². The fraction of sp³-hybridized carbons (Fsp3) is 0.438. The van der Waals surface area contributed by atoms with Crippen molar-refractivity contribution >= 4 is 23.1 Å². The lowest BCUT2D eigenvalue weighted by Crippen LogP contribution is -2.26. The maximum Gasteiger partial charge on any atom is 0.224 e. The van der Waals surface area contributed by atoms with Crippen LogP contribution in [0.4, 0.5) is 11.5 Å². The summed E-state index contributed by atoms with van der Waals surface area (Å²) in [4.78, 5) is 15.4. The summed E-state index contributed by atoms with van der Waals surface area (Å²) < 4.78 is 0. The number of fused-ring (bicyclic) bond motifs is 1. The normalized spacial score (nSPS) is 19.7. The number of nitrogens with zero attached hydrogens (tertiary/aromatic N) is 4. The van der Waals surface area contributed by atoms with E-state index in [2.05, 4.69) is 40.8 Å². The van der Waals surface area contributed by atoms with Crippen molar-refractivity contribution in [2.24, 2.45) is 0 Å². The second-order valence-electron chi connectivity index (χ2n) is 6.53. The minimum atomic E-state index is 0.0116. The molecular formula is C16H17ClN4. The van der Waals surface area contributed by atoms with Gasteiger partial charge in [0.05, 0.1) is 11.4 Å². The number of rotatable bonds is 2. The Labute approximate surface area is 129 Å². The molecule has 108 valence electrons. The average Bonchev–Trinajstić information content (AvgIpc) is 3.25. The van der Waals surface area contributed by atoms with E-state index in [4.69, 9.17) is 16.6 Å². The fourth-order valence-corrected chi connectivity index (χ4v) is 3.17. The van der Waals surface area contributed by atoms with Gasteiger partial charge in [-0.25, -0.2) is 9.97 Å². The summed E-state index contributed by atoms with van der Waals surface area (Å²) in [6.07, 6.45) is 4.25. The lowest BCUT2D eigenvalue weighted by Gasteiger charge is -2.20. The summed E-state index contributed by atoms with van der Waals surface area (Å²) >= 11 is 5.93. The van der Waals surface area contributed by atoms with Crippen LogP contribution in [0.15, 0.2) is 24.4 Å². The molecule has 0 N–H and O–H groups in total. The molecule has 0 unspecified atom stereocenters. The number of pyridine rings is 1. The zero-order valence-corrected chi connectivity index (χ0v) is 12.9. The zero-order chi connectivity index (χ0) is 14.6. The van der Waals surface area contributed by atoms with E-state index < -0.39 is 0 Å². The first-order valence-electron chi connectivity index (χ1n) is 7.32. The van der Waals surface area contributed by atoms with Gasteiger partial charge in [-0.2, -0.15) is 0 Å². The molecule has 0 spiro atoms. The quantitative estimate of drug-likeness (QED) is 0.790. The van der Waals surface area contributed by atoms with Crippen molar-refractivity contribution in [3.8, 4) is 0 Å². The molecule has 4 nitrogen and oxygen atoms in total. The van der Waals surface area contributed by atoms with Crippen molar-refractivity contribution in [2.75, 3.05) is 11.4 Å². The Morgan fingerprint density at radius 3 is 2.71 bits per heavy atom. The SMILES string of the molecule is CC1(C)CN(c2ccnc(Cl)n2)c2ccc(C3CC3)nc21. The van der Waals surface area contributed by atoms with Gasteiger partial charge in [-0.05, 0) is 42.6 Å². The van der Waals surface area contributed by atoms with E-state index in [1.807, 2.05) is 6.07 Å². The molecule has 0 atom stereocenters. The molecule has 2 aromatic heterocycles.